The lowest BCUT2D eigenvalue weighted by Gasteiger charge is -2.31. The van der Waals surface area contributed by atoms with E-state index in [2.05, 4.69) is 47.9 Å². The summed E-state index contributed by atoms with van der Waals surface area (Å²) >= 11 is 0. The Balaban J connectivity index is 1.95. The predicted molar refractivity (Wildman–Crippen MR) is 87.2 cm³/mol. The van der Waals surface area contributed by atoms with Gasteiger partial charge in [0.15, 0.2) is 0 Å². The molecule has 1 aliphatic rings. The molecule has 1 saturated heterocycles. The first-order valence-corrected chi connectivity index (χ1v) is 7.99. The minimum Gasteiger partial charge on any atom is -0.372 e. The monoisotopic (exact) mass is 289 g/mol. The van der Waals surface area contributed by atoms with Crippen LogP contribution in [0.5, 0.6) is 0 Å². The molecule has 21 heavy (non-hydrogen) atoms. The number of anilines is 1. The highest BCUT2D eigenvalue weighted by Crippen LogP contribution is 2.20. The van der Waals surface area contributed by atoms with E-state index in [0.717, 1.165) is 45.6 Å². The number of nitrogens with two attached hydrogens (primary N) is 1. The fourth-order valence-electron chi connectivity index (χ4n) is 3.09. The normalized spacial score (nSPS) is 19.4. The summed E-state index contributed by atoms with van der Waals surface area (Å²) in [6.45, 7) is 9.17. The Kier molecular flexibility index (Phi) is 5.62. The Morgan fingerprint density at radius 1 is 1.29 bits per heavy atom. The van der Waals surface area contributed by atoms with Gasteiger partial charge in [0.2, 0.25) is 5.91 Å². The van der Waals surface area contributed by atoms with E-state index >= 15 is 0 Å². The SMILES string of the molecule is CCN(CC)c1ccc(CN2CCC[C@H](C(N)=O)C2)cc1. The molecule has 2 rings (SSSR count). The van der Waals surface area contributed by atoms with Crippen molar-refractivity contribution in [2.24, 2.45) is 11.7 Å². The van der Waals surface area contributed by atoms with Crippen molar-refractivity contribution in [2.45, 2.75) is 33.2 Å². The second-order valence-corrected chi connectivity index (χ2v) is 5.82. The molecule has 0 aliphatic carbocycles. The lowest BCUT2D eigenvalue weighted by Crippen LogP contribution is -2.40. The molecule has 1 heterocycles. The molecule has 1 aromatic carbocycles. The van der Waals surface area contributed by atoms with Crippen molar-refractivity contribution >= 4 is 11.6 Å². The van der Waals surface area contributed by atoms with Gasteiger partial charge < -0.3 is 10.6 Å². The number of benzene rings is 1. The molecule has 0 saturated carbocycles. The van der Waals surface area contributed by atoms with Gasteiger partial charge in [0, 0.05) is 31.9 Å². The first kappa shape index (κ1) is 15.8. The number of amides is 1. The highest BCUT2D eigenvalue weighted by molar-refractivity contribution is 5.76. The molecule has 1 fully saturated rings. The number of hydrogen-bond donors (Lipinski definition) is 1. The van der Waals surface area contributed by atoms with Crippen LogP contribution in [0.1, 0.15) is 32.3 Å². The topological polar surface area (TPSA) is 49.6 Å². The van der Waals surface area contributed by atoms with Gasteiger partial charge in [-0.15, -0.1) is 0 Å². The fraction of sp³-hybridized carbons (Fsp3) is 0.588. The first-order chi connectivity index (χ1) is 10.1. The second-order valence-electron chi connectivity index (χ2n) is 5.82. The van der Waals surface area contributed by atoms with E-state index in [1.165, 1.54) is 11.3 Å². The third-order valence-corrected chi connectivity index (χ3v) is 4.38. The molecule has 0 unspecified atom stereocenters. The van der Waals surface area contributed by atoms with E-state index in [1.54, 1.807) is 0 Å². The van der Waals surface area contributed by atoms with Crippen LogP contribution in [0.4, 0.5) is 5.69 Å². The third-order valence-electron chi connectivity index (χ3n) is 4.38. The van der Waals surface area contributed by atoms with Gasteiger partial charge in [-0.2, -0.15) is 0 Å². The molecule has 0 aromatic heterocycles. The summed E-state index contributed by atoms with van der Waals surface area (Å²) in [6, 6.07) is 8.78. The zero-order chi connectivity index (χ0) is 15.2. The molecule has 0 bridgehead atoms. The summed E-state index contributed by atoms with van der Waals surface area (Å²) in [5, 5.41) is 0. The van der Waals surface area contributed by atoms with Crippen LogP contribution in [-0.4, -0.2) is 37.0 Å². The van der Waals surface area contributed by atoms with E-state index in [0.29, 0.717) is 0 Å². The summed E-state index contributed by atoms with van der Waals surface area (Å²) in [4.78, 5) is 16.0. The van der Waals surface area contributed by atoms with Crippen molar-refractivity contribution in [1.29, 1.82) is 0 Å². The molecule has 1 atom stereocenters. The number of rotatable bonds is 6. The van der Waals surface area contributed by atoms with Gasteiger partial charge in [-0.25, -0.2) is 0 Å². The van der Waals surface area contributed by atoms with E-state index < -0.39 is 0 Å². The summed E-state index contributed by atoms with van der Waals surface area (Å²) in [5.41, 5.74) is 8.01. The van der Waals surface area contributed by atoms with Gasteiger partial charge in [-0.05, 0) is 50.9 Å². The van der Waals surface area contributed by atoms with Crippen LogP contribution < -0.4 is 10.6 Å². The van der Waals surface area contributed by atoms with Crippen LogP contribution in [0.25, 0.3) is 0 Å². The Labute approximate surface area is 127 Å². The van der Waals surface area contributed by atoms with Crippen molar-refractivity contribution in [2.75, 3.05) is 31.1 Å². The Bertz CT molecular complexity index is 454. The maximum absolute atomic E-state index is 11.3. The van der Waals surface area contributed by atoms with E-state index in [4.69, 9.17) is 5.73 Å². The summed E-state index contributed by atoms with van der Waals surface area (Å²) in [7, 11) is 0. The largest absolute Gasteiger partial charge is 0.372 e. The fourth-order valence-corrected chi connectivity index (χ4v) is 3.09. The molecule has 116 valence electrons. The summed E-state index contributed by atoms with van der Waals surface area (Å²) < 4.78 is 0. The van der Waals surface area contributed by atoms with Crippen molar-refractivity contribution < 1.29 is 4.79 Å². The number of hydrogen-bond acceptors (Lipinski definition) is 3. The highest BCUT2D eigenvalue weighted by atomic mass is 16.1. The van der Waals surface area contributed by atoms with Crippen molar-refractivity contribution in [3.05, 3.63) is 29.8 Å². The minimum atomic E-state index is -0.156. The maximum Gasteiger partial charge on any atom is 0.221 e. The minimum absolute atomic E-state index is 0.0219. The van der Waals surface area contributed by atoms with Crippen LogP contribution in [0.2, 0.25) is 0 Å². The smallest absolute Gasteiger partial charge is 0.221 e. The predicted octanol–water partition coefficient (Wildman–Crippen LogP) is 2.23. The molecule has 4 nitrogen and oxygen atoms in total. The molecular formula is C17H27N3O. The number of primary amides is 1. The molecule has 1 aromatic rings. The number of piperidine rings is 1. The lowest BCUT2D eigenvalue weighted by atomic mass is 9.97. The zero-order valence-electron chi connectivity index (χ0n) is 13.2. The van der Waals surface area contributed by atoms with Crippen molar-refractivity contribution in [3.8, 4) is 0 Å². The van der Waals surface area contributed by atoms with Gasteiger partial charge in [-0.3, -0.25) is 9.69 Å². The van der Waals surface area contributed by atoms with E-state index in [1.807, 2.05) is 0 Å². The highest BCUT2D eigenvalue weighted by Gasteiger charge is 2.23. The van der Waals surface area contributed by atoms with Crippen LogP contribution in [0.15, 0.2) is 24.3 Å². The zero-order valence-corrected chi connectivity index (χ0v) is 13.2. The maximum atomic E-state index is 11.3. The molecule has 0 radical (unpaired) electrons. The van der Waals surface area contributed by atoms with Crippen molar-refractivity contribution in [3.63, 3.8) is 0 Å². The van der Waals surface area contributed by atoms with Crippen molar-refractivity contribution in [1.82, 2.24) is 4.90 Å². The van der Waals surface area contributed by atoms with Gasteiger partial charge in [0.25, 0.3) is 0 Å². The summed E-state index contributed by atoms with van der Waals surface area (Å²) in [6.07, 6.45) is 2.00. The van der Waals surface area contributed by atoms with Gasteiger partial charge in [0.05, 0.1) is 5.92 Å². The second kappa shape index (κ2) is 7.46. The van der Waals surface area contributed by atoms with E-state index in [-0.39, 0.29) is 11.8 Å². The standard InChI is InChI=1S/C17H27N3O/c1-3-20(4-2)16-9-7-14(8-10-16)12-19-11-5-6-15(13-19)17(18)21/h7-10,15H,3-6,11-13H2,1-2H3,(H2,18,21)/t15-/m0/s1. The van der Waals surface area contributed by atoms with Gasteiger partial charge >= 0.3 is 0 Å². The van der Waals surface area contributed by atoms with Crippen LogP contribution in [-0.2, 0) is 11.3 Å². The Morgan fingerprint density at radius 2 is 1.95 bits per heavy atom. The molecule has 1 amide bonds. The quantitative estimate of drug-likeness (QED) is 0.873. The molecule has 1 aliphatic heterocycles. The molecular weight excluding hydrogens is 262 g/mol. The molecule has 0 spiro atoms. The number of nitrogens with zero attached hydrogens (tertiary/aromatic N) is 2. The van der Waals surface area contributed by atoms with Gasteiger partial charge in [0.1, 0.15) is 0 Å². The van der Waals surface area contributed by atoms with Gasteiger partial charge in [-0.1, -0.05) is 12.1 Å². The third kappa shape index (κ3) is 4.21. The Hall–Kier alpha value is -1.55. The lowest BCUT2D eigenvalue weighted by molar-refractivity contribution is -0.123. The van der Waals surface area contributed by atoms with E-state index in [9.17, 15) is 4.79 Å². The Morgan fingerprint density at radius 3 is 2.52 bits per heavy atom. The number of likely N-dealkylation sites (tertiary alicyclic amines) is 1. The average Bonchev–Trinajstić information content (AvgIpc) is 2.50. The van der Waals surface area contributed by atoms with Crippen LogP contribution >= 0.6 is 0 Å². The number of carbonyl (C=O) groups is 1. The summed E-state index contributed by atoms with van der Waals surface area (Å²) in [5.74, 6) is -0.134. The van der Waals surface area contributed by atoms with Crippen LogP contribution in [0.3, 0.4) is 0 Å². The first-order valence-electron chi connectivity index (χ1n) is 7.99. The van der Waals surface area contributed by atoms with Crippen LogP contribution in [0, 0.1) is 5.92 Å². The number of carbonyl (C=O) groups excluding carboxylic acids is 1. The molecule has 4 heteroatoms. The molecule has 2 N–H and O–H groups in total. The average molecular weight is 289 g/mol.